The molecule has 0 saturated carbocycles. The van der Waals surface area contributed by atoms with Crippen LogP contribution < -0.4 is 10.1 Å². The normalized spacial score (nSPS) is 11.7. The van der Waals surface area contributed by atoms with Crippen molar-refractivity contribution in [2.75, 3.05) is 13.7 Å². The van der Waals surface area contributed by atoms with Gasteiger partial charge in [-0.3, -0.25) is 9.59 Å². The molecule has 1 aromatic rings. The highest BCUT2D eigenvalue weighted by atomic mass is 16.5. The van der Waals surface area contributed by atoms with Gasteiger partial charge in [-0.25, -0.2) is 0 Å². The third-order valence-corrected chi connectivity index (χ3v) is 2.17. The molecule has 18 heavy (non-hydrogen) atoms. The number of rotatable bonds is 5. The fourth-order valence-electron chi connectivity index (χ4n) is 1.44. The maximum absolute atomic E-state index is 11.8. The summed E-state index contributed by atoms with van der Waals surface area (Å²) >= 11 is 0. The minimum atomic E-state index is -0.388. The number of carbonyl (C=O) groups excluding carboxylic acids is 2. The highest BCUT2D eigenvalue weighted by molar-refractivity contribution is 5.94. The van der Waals surface area contributed by atoms with Crippen LogP contribution in [0.25, 0.3) is 0 Å². The lowest BCUT2D eigenvalue weighted by atomic mass is 10.2. The van der Waals surface area contributed by atoms with Crippen LogP contribution in [0.4, 0.5) is 0 Å². The fourth-order valence-corrected chi connectivity index (χ4v) is 1.44. The molecule has 0 heterocycles. The minimum absolute atomic E-state index is 0.0596. The average Bonchev–Trinajstić information content (AvgIpc) is 2.29. The van der Waals surface area contributed by atoms with Crippen LogP contribution in [0.1, 0.15) is 24.2 Å². The van der Waals surface area contributed by atoms with Gasteiger partial charge in [0, 0.05) is 25.6 Å². The molecule has 5 nitrogen and oxygen atoms in total. The molecule has 1 amide bonds. The van der Waals surface area contributed by atoms with Crippen LogP contribution in [0.15, 0.2) is 24.3 Å². The van der Waals surface area contributed by atoms with Gasteiger partial charge in [0.1, 0.15) is 5.75 Å². The van der Waals surface area contributed by atoms with Gasteiger partial charge in [-0.1, -0.05) is 0 Å². The molecular formula is C13H17NO4. The minimum Gasteiger partial charge on any atom is -0.427 e. The Bertz CT molecular complexity index is 414. The Morgan fingerprint density at radius 3 is 2.39 bits per heavy atom. The molecule has 1 N–H and O–H groups in total. The van der Waals surface area contributed by atoms with Gasteiger partial charge in [0.05, 0.1) is 6.61 Å². The summed E-state index contributed by atoms with van der Waals surface area (Å²) in [6.07, 6.45) is 0. The molecule has 0 bridgehead atoms. The summed E-state index contributed by atoms with van der Waals surface area (Å²) in [6, 6.07) is 6.31. The third kappa shape index (κ3) is 4.55. The fraction of sp³-hybridized carbons (Fsp3) is 0.385. The van der Waals surface area contributed by atoms with Gasteiger partial charge in [0.2, 0.25) is 0 Å². The first kappa shape index (κ1) is 14.2. The van der Waals surface area contributed by atoms with E-state index in [0.717, 1.165) is 0 Å². The Labute approximate surface area is 106 Å². The van der Waals surface area contributed by atoms with Gasteiger partial charge in [-0.15, -0.1) is 0 Å². The standard InChI is InChI=1S/C13H17NO4/c1-9(8-17-3)14-13(16)11-4-6-12(7-5-11)18-10(2)15/h4-7,9H,8H2,1-3H3,(H,14,16)/t9-/m0/s1. The number of carbonyl (C=O) groups is 2. The molecule has 0 radical (unpaired) electrons. The van der Waals surface area contributed by atoms with Crippen molar-refractivity contribution in [3.63, 3.8) is 0 Å². The first-order valence-electron chi connectivity index (χ1n) is 5.61. The number of benzene rings is 1. The molecule has 0 spiro atoms. The van der Waals surface area contributed by atoms with Crippen molar-refractivity contribution in [3.05, 3.63) is 29.8 Å². The first-order chi connectivity index (χ1) is 8.52. The second-order valence-electron chi connectivity index (χ2n) is 3.95. The molecule has 0 aliphatic heterocycles. The van der Waals surface area contributed by atoms with E-state index in [9.17, 15) is 9.59 Å². The lowest BCUT2D eigenvalue weighted by Gasteiger charge is -2.12. The van der Waals surface area contributed by atoms with Crippen molar-refractivity contribution in [2.45, 2.75) is 19.9 Å². The molecule has 1 rings (SSSR count). The van der Waals surface area contributed by atoms with Crippen LogP contribution in [0.2, 0.25) is 0 Å². The molecule has 0 fully saturated rings. The molecule has 1 aromatic carbocycles. The summed E-state index contributed by atoms with van der Waals surface area (Å²) in [6.45, 7) is 3.64. The zero-order valence-corrected chi connectivity index (χ0v) is 10.7. The van der Waals surface area contributed by atoms with Crippen LogP contribution in [0, 0.1) is 0 Å². The van der Waals surface area contributed by atoms with Crippen molar-refractivity contribution in [3.8, 4) is 5.75 Å². The van der Waals surface area contributed by atoms with Gasteiger partial charge in [-0.05, 0) is 31.2 Å². The van der Waals surface area contributed by atoms with E-state index < -0.39 is 0 Å². The number of hydrogen-bond acceptors (Lipinski definition) is 4. The molecule has 1 atom stereocenters. The van der Waals surface area contributed by atoms with E-state index in [0.29, 0.717) is 17.9 Å². The smallest absolute Gasteiger partial charge is 0.308 e. The maximum Gasteiger partial charge on any atom is 0.308 e. The van der Waals surface area contributed by atoms with E-state index >= 15 is 0 Å². The summed E-state index contributed by atoms with van der Waals surface area (Å²) in [5, 5.41) is 2.79. The Morgan fingerprint density at radius 1 is 1.28 bits per heavy atom. The second-order valence-corrected chi connectivity index (χ2v) is 3.95. The summed E-state index contributed by atoms with van der Waals surface area (Å²) < 4.78 is 9.81. The lowest BCUT2D eigenvalue weighted by molar-refractivity contribution is -0.131. The van der Waals surface area contributed by atoms with Crippen LogP contribution in [-0.2, 0) is 9.53 Å². The Kier molecular flexibility index (Phi) is 5.32. The summed E-state index contributed by atoms with van der Waals surface area (Å²) in [5.41, 5.74) is 0.508. The summed E-state index contributed by atoms with van der Waals surface area (Å²) in [7, 11) is 1.58. The largest absolute Gasteiger partial charge is 0.427 e. The van der Waals surface area contributed by atoms with Crippen LogP contribution >= 0.6 is 0 Å². The highest BCUT2D eigenvalue weighted by Gasteiger charge is 2.09. The molecule has 0 unspecified atom stereocenters. The monoisotopic (exact) mass is 251 g/mol. The molecule has 0 aromatic heterocycles. The summed E-state index contributed by atoms with van der Waals surface area (Å²) in [4.78, 5) is 22.5. The predicted molar refractivity (Wildman–Crippen MR) is 66.6 cm³/mol. The SMILES string of the molecule is COC[C@H](C)NC(=O)c1ccc(OC(C)=O)cc1. The van der Waals surface area contributed by atoms with Gasteiger partial charge in [0.25, 0.3) is 5.91 Å². The van der Waals surface area contributed by atoms with E-state index in [1.807, 2.05) is 6.92 Å². The van der Waals surface area contributed by atoms with Crippen molar-refractivity contribution >= 4 is 11.9 Å². The van der Waals surface area contributed by atoms with E-state index in [-0.39, 0.29) is 17.9 Å². The van der Waals surface area contributed by atoms with E-state index in [1.54, 1.807) is 31.4 Å². The Morgan fingerprint density at radius 2 is 1.89 bits per heavy atom. The zero-order chi connectivity index (χ0) is 13.5. The predicted octanol–water partition coefficient (Wildman–Crippen LogP) is 1.38. The highest BCUT2D eigenvalue weighted by Crippen LogP contribution is 2.12. The Hall–Kier alpha value is -1.88. The van der Waals surface area contributed by atoms with Crippen molar-refractivity contribution in [2.24, 2.45) is 0 Å². The van der Waals surface area contributed by atoms with Crippen LogP contribution in [0.3, 0.4) is 0 Å². The van der Waals surface area contributed by atoms with Gasteiger partial charge in [0.15, 0.2) is 0 Å². The van der Waals surface area contributed by atoms with Crippen LogP contribution in [-0.4, -0.2) is 31.6 Å². The van der Waals surface area contributed by atoms with Gasteiger partial charge in [-0.2, -0.15) is 0 Å². The van der Waals surface area contributed by atoms with Crippen molar-refractivity contribution in [1.29, 1.82) is 0 Å². The number of hydrogen-bond donors (Lipinski definition) is 1. The maximum atomic E-state index is 11.8. The average molecular weight is 251 g/mol. The van der Waals surface area contributed by atoms with Crippen molar-refractivity contribution < 1.29 is 19.1 Å². The van der Waals surface area contributed by atoms with Crippen molar-refractivity contribution in [1.82, 2.24) is 5.32 Å². The van der Waals surface area contributed by atoms with Gasteiger partial charge < -0.3 is 14.8 Å². The van der Waals surface area contributed by atoms with Gasteiger partial charge >= 0.3 is 5.97 Å². The van der Waals surface area contributed by atoms with E-state index in [1.165, 1.54) is 6.92 Å². The molecule has 0 saturated heterocycles. The first-order valence-corrected chi connectivity index (χ1v) is 5.61. The lowest BCUT2D eigenvalue weighted by Crippen LogP contribution is -2.35. The second kappa shape index (κ2) is 6.76. The van der Waals surface area contributed by atoms with E-state index in [4.69, 9.17) is 9.47 Å². The molecule has 0 aliphatic carbocycles. The number of amides is 1. The number of methoxy groups -OCH3 is 1. The molecule has 98 valence electrons. The third-order valence-electron chi connectivity index (χ3n) is 2.17. The molecular weight excluding hydrogens is 234 g/mol. The van der Waals surface area contributed by atoms with E-state index in [2.05, 4.69) is 5.32 Å². The molecule has 0 aliphatic rings. The number of ether oxygens (including phenoxy) is 2. The summed E-state index contributed by atoms with van der Waals surface area (Å²) in [5.74, 6) is -0.154. The van der Waals surface area contributed by atoms with Crippen LogP contribution in [0.5, 0.6) is 5.75 Å². The Balaban J connectivity index is 2.61. The number of nitrogens with one attached hydrogen (secondary N) is 1. The number of esters is 1. The topological polar surface area (TPSA) is 64.6 Å². The quantitative estimate of drug-likeness (QED) is 0.634. The molecule has 5 heteroatoms. The zero-order valence-electron chi connectivity index (χ0n) is 10.7.